The number of nitrogens with zero attached hydrogens (tertiary/aromatic N) is 6. The number of hydrogen-bond donors (Lipinski definition) is 4. The summed E-state index contributed by atoms with van der Waals surface area (Å²) < 4.78 is 111. The normalized spacial score (nSPS) is 14.5. The number of rotatable bonds is 13. The summed E-state index contributed by atoms with van der Waals surface area (Å²) in [7, 11) is -15.9. The van der Waals surface area contributed by atoms with Gasteiger partial charge in [0.25, 0.3) is 0 Å². The Morgan fingerprint density at radius 2 is 1.21 bits per heavy atom. The SMILES string of the molecule is Cc1cc(N=Nc2cc3c(cc2S(=O)(=O)[O-])C=C(S(=O)(=O)[O-])/C(=N\Nc2ccc(S(=O)(=O)[O-])c4ccccc24)C3=O)c(N)c(N=Nc2ccc(-c3ccc(N/N=C4/C=CC(=O)C(C(=O)[O-])=C4)cc3)cc2)c1N.[Na+].[Na+].[Na+].[Na+]. The maximum atomic E-state index is 14.0. The molecular weight excluding hydrogens is 1090 g/mol. The van der Waals surface area contributed by atoms with Crippen LogP contribution in [0.4, 0.5) is 45.5 Å². The molecule has 0 aliphatic heterocycles. The Kier molecular flexibility index (Phi) is 21.5. The first-order valence-electron chi connectivity index (χ1n) is 20.4. The molecule has 0 unspecified atom stereocenters. The Hall–Kier alpha value is -4.92. The van der Waals surface area contributed by atoms with Gasteiger partial charge in [-0.2, -0.15) is 15.3 Å². The van der Waals surface area contributed by atoms with E-state index in [1.807, 2.05) is 0 Å². The van der Waals surface area contributed by atoms with Gasteiger partial charge in [0.15, 0.2) is 5.78 Å². The Morgan fingerprint density at radius 1 is 0.605 bits per heavy atom. The van der Waals surface area contributed by atoms with Crippen molar-refractivity contribution in [2.24, 2.45) is 30.7 Å². The predicted octanol–water partition coefficient (Wildman–Crippen LogP) is -6.23. The van der Waals surface area contributed by atoms with Crippen molar-refractivity contribution < 1.29 is 177 Å². The average molecular weight is 1120 g/mol. The van der Waals surface area contributed by atoms with Crippen LogP contribution in [0.25, 0.3) is 28.0 Å². The number of aliphatic carboxylic acids is 1. The largest absolute Gasteiger partial charge is 1.00 e. The fourth-order valence-electron chi connectivity index (χ4n) is 7.18. The van der Waals surface area contributed by atoms with E-state index < -0.39 is 90.7 Å². The van der Waals surface area contributed by atoms with Crippen molar-refractivity contribution in [2.75, 3.05) is 22.3 Å². The number of fused-ring (bicyclic) bond motifs is 2. The zero-order valence-electron chi connectivity index (χ0n) is 40.5. The van der Waals surface area contributed by atoms with E-state index in [0.29, 0.717) is 29.1 Å². The quantitative estimate of drug-likeness (QED) is 0.0159. The van der Waals surface area contributed by atoms with Crippen LogP contribution >= 0.6 is 0 Å². The molecule has 0 saturated carbocycles. The summed E-state index contributed by atoms with van der Waals surface area (Å²) >= 11 is 0. The van der Waals surface area contributed by atoms with Crippen LogP contribution in [0.3, 0.4) is 0 Å². The average Bonchev–Trinajstić information content (AvgIpc) is 3.33. The monoisotopic (exact) mass is 1120 g/mol. The maximum absolute atomic E-state index is 14.0. The number of anilines is 4. The summed E-state index contributed by atoms with van der Waals surface area (Å²) in [6.07, 6.45) is 4.18. The first kappa shape index (κ1) is 63.6. The number of benzene rings is 6. The van der Waals surface area contributed by atoms with Crippen molar-refractivity contribution in [2.45, 2.75) is 16.7 Å². The van der Waals surface area contributed by atoms with Gasteiger partial charge in [-0.1, -0.05) is 48.5 Å². The van der Waals surface area contributed by atoms with E-state index in [1.165, 1.54) is 36.4 Å². The molecular formula is C46H30N10Na4O13S3. The summed E-state index contributed by atoms with van der Waals surface area (Å²) in [6.45, 7) is 1.57. The molecule has 0 radical (unpaired) electrons. The number of carbonyl (C=O) groups excluding carboxylic acids is 3. The van der Waals surface area contributed by atoms with Gasteiger partial charge in [0.2, 0.25) is 5.78 Å². The smallest absolute Gasteiger partial charge is 0.744 e. The van der Waals surface area contributed by atoms with Crippen LogP contribution in [-0.4, -0.2) is 67.9 Å². The zero-order valence-corrected chi connectivity index (χ0v) is 50.9. The van der Waals surface area contributed by atoms with Crippen molar-refractivity contribution in [1.82, 2.24) is 0 Å². The number of hydrogen-bond acceptors (Lipinski definition) is 23. The van der Waals surface area contributed by atoms with Crippen molar-refractivity contribution in [3.63, 3.8) is 0 Å². The summed E-state index contributed by atoms with van der Waals surface area (Å²) in [5.74, 6) is -3.55. The number of Topliss-reactive ketones (excluding diaryl/α,β-unsaturated/α-hetero) is 1. The number of carbonyl (C=O) groups is 3. The minimum Gasteiger partial charge on any atom is -0.744 e. The number of hydrazone groups is 2. The van der Waals surface area contributed by atoms with Crippen molar-refractivity contribution in [3.8, 4) is 11.1 Å². The number of carboxylic acid groups (broad SMARTS) is 1. The summed E-state index contributed by atoms with van der Waals surface area (Å²) in [5, 5.41) is 35.7. The van der Waals surface area contributed by atoms with E-state index in [1.54, 1.807) is 55.5 Å². The van der Waals surface area contributed by atoms with Gasteiger partial charge in [0, 0.05) is 21.9 Å². The van der Waals surface area contributed by atoms with Gasteiger partial charge in [0.05, 0.1) is 54.8 Å². The molecule has 364 valence electrons. The molecule has 8 rings (SSSR count). The number of nitrogens with one attached hydrogen (secondary N) is 2. The molecule has 0 aromatic heterocycles. The molecule has 0 fully saturated rings. The molecule has 0 spiro atoms. The summed E-state index contributed by atoms with van der Waals surface area (Å²) in [4.78, 5) is 34.0. The van der Waals surface area contributed by atoms with Gasteiger partial charge in [-0.3, -0.25) is 20.4 Å². The molecule has 0 atom stereocenters. The van der Waals surface area contributed by atoms with Gasteiger partial charge < -0.3 is 35.0 Å². The van der Waals surface area contributed by atoms with Gasteiger partial charge in [-0.25, -0.2) is 25.3 Å². The van der Waals surface area contributed by atoms with Crippen LogP contribution in [0.15, 0.2) is 172 Å². The molecule has 0 amide bonds. The number of nitrogens with two attached hydrogens (primary N) is 2. The predicted molar refractivity (Wildman–Crippen MR) is 258 cm³/mol. The Bertz CT molecular complexity index is 3950. The second-order valence-corrected chi connectivity index (χ2v) is 19.5. The van der Waals surface area contributed by atoms with E-state index in [4.69, 9.17) is 11.5 Å². The molecule has 2 aliphatic carbocycles. The van der Waals surface area contributed by atoms with E-state index in [9.17, 15) is 58.4 Å². The number of nitrogen functional groups attached to an aromatic ring is 2. The van der Waals surface area contributed by atoms with Crippen molar-refractivity contribution in [3.05, 3.63) is 149 Å². The number of azo groups is 2. The van der Waals surface area contributed by atoms with Gasteiger partial charge >= 0.3 is 118 Å². The Morgan fingerprint density at radius 3 is 1.82 bits per heavy atom. The first-order chi connectivity index (χ1) is 34.0. The topological polar surface area (TPSA) is 396 Å². The van der Waals surface area contributed by atoms with E-state index in [-0.39, 0.29) is 163 Å². The number of aryl methyl sites for hydroxylation is 1. The van der Waals surface area contributed by atoms with Crippen LogP contribution in [0.1, 0.15) is 21.5 Å². The summed E-state index contributed by atoms with van der Waals surface area (Å²) in [6, 6.07) is 24.4. The van der Waals surface area contributed by atoms with Crippen molar-refractivity contribution in [1.29, 1.82) is 0 Å². The Balaban J connectivity index is 0.00000312. The minimum atomic E-state index is -5.53. The Labute approximate surface area is 521 Å². The third kappa shape index (κ3) is 14.2. The molecule has 76 heavy (non-hydrogen) atoms. The zero-order chi connectivity index (χ0) is 51.9. The van der Waals surface area contributed by atoms with E-state index >= 15 is 0 Å². The molecule has 23 nitrogen and oxygen atoms in total. The standard InChI is InChI=1S/C46H34N10O13S3.4Na/c1-23-18-36(42(48)44(41(23)47)56-50-28-12-8-25(9-13-28)24-6-10-27(11-7-24)49-51-29-14-16-37(57)33(21-29)46(59)60)54-53-35-22-32-26(19-39(35)71(64,65)66)20-40(72(67,68)69)43(45(32)58)55-52-34-15-17-38(70(61,62)63)31-5-3-2-4-30(31)34;;;;/h2-22,49,52H,47-48H2,1H3,(H,59,60)(H,61,62,63)(H,64,65,66)(H,67,68,69);;;;/q;4*+1/p-4/b51-29-,54-53?,55-43+,56-50?;;;;. The fourth-order valence-corrected chi connectivity index (χ4v) is 9.14. The summed E-state index contributed by atoms with van der Waals surface area (Å²) in [5.41, 5.74) is 17.6. The van der Waals surface area contributed by atoms with Crippen molar-refractivity contribution >= 4 is 122 Å². The van der Waals surface area contributed by atoms with Crippen LogP contribution in [-0.2, 0) is 39.9 Å². The first-order valence-corrected chi connectivity index (χ1v) is 24.6. The maximum Gasteiger partial charge on any atom is 1.00 e. The van der Waals surface area contributed by atoms with Crippen LogP contribution in [0.2, 0.25) is 0 Å². The fraction of sp³-hybridized carbons (Fsp3) is 0.0217. The molecule has 6 aromatic rings. The van der Waals surface area contributed by atoms with Crippen LogP contribution < -0.4 is 146 Å². The molecule has 0 bridgehead atoms. The minimum absolute atomic E-state index is 0. The number of ketones is 2. The van der Waals surface area contributed by atoms with Gasteiger partial charge in [-0.15, -0.1) is 15.3 Å². The second kappa shape index (κ2) is 25.7. The number of allylic oxidation sites excluding steroid dienone is 4. The van der Waals surface area contributed by atoms with Gasteiger partial charge in [-0.05, 0) is 108 Å². The molecule has 30 heteroatoms. The molecule has 0 heterocycles. The van der Waals surface area contributed by atoms with Crippen LogP contribution in [0, 0.1) is 6.92 Å². The van der Waals surface area contributed by atoms with Gasteiger partial charge in [0.1, 0.15) is 53.1 Å². The molecule has 0 saturated heterocycles. The van der Waals surface area contributed by atoms with E-state index in [2.05, 4.69) is 41.5 Å². The van der Waals surface area contributed by atoms with E-state index in [0.717, 1.165) is 41.5 Å². The molecule has 6 aromatic carbocycles. The third-order valence-corrected chi connectivity index (χ3v) is 13.4. The third-order valence-electron chi connectivity index (χ3n) is 10.8. The molecule has 2 aliphatic rings. The number of carboxylic acids is 1. The second-order valence-electron chi connectivity index (χ2n) is 15.4. The molecule has 6 N–H and O–H groups in total. The van der Waals surface area contributed by atoms with Crippen LogP contribution in [0.5, 0.6) is 0 Å².